The first kappa shape index (κ1) is 20.5. The first-order valence-electron chi connectivity index (χ1n) is 10.3. The summed E-state index contributed by atoms with van der Waals surface area (Å²) >= 11 is 0. The van der Waals surface area contributed by atoms with Crippen LogP contribution in [0.15, 0.2) is 4.99 Å². The molecule has 0 amide bonds. The van der Waals surface area contributed by atoms with Crippen molar-refractivity contribution in [2.75, 3.05) is 72.1 Å². The summed E-state index contributed by atoms with van der Waals surface area (Å²) in [6, 6.07) is 0. The smallest absolute Gasteiger partial charge is 0.191 e. The number of hydrogen-bond donors (Lipinski definition) is 2. The second-order valence-corrected chi connectivity index (χ2v) is 7.40. The Bertz CT molecular complexity index is 371. The van der Waals surface area contributed by atoms with E-state index in [-0.39, 0.29) is 0 Å². The third kappa shape index (κ3) is 8.88. The average molecular weight is 354 g/mol. The summed E-state index contributed by atoms with van der Waals surface area (Å²) in [4.78, 5) is 9.80. The maximum atomic E-state index is 5.39. The lowest BCUT2D eigenvalue weighted by atomic mass is 10.0. The van der Waals surface area contributed by atoms with Crippen LogP contribution >= 0.6 is 0 Å². The second-order valence-electron chi connectivity index (χ2n) is 7.40. The number of likely N-dealkylation sites (tertiary alicyclic amines) is 1. The van der Waals surface area contributed by atoms with E-state index in [0.29, 0.717) is 0 Å². The topological polar surface area (TPSA) is 52.1 Å². The lowest BCUT2D eigenvalue weighted by molar-refractivity contribution is 0.0389. The number of hydrogen-bond acceptors (Lipinski definition) is 4. The summed E-state index contributed by atoms with van der Waals surface area (Å²) in [5.41, 5.74) is 0. The number of guanidine groups is 1. The van der Waals surface area contributed by atoms with Crippen LogP contribution in [0.3, 0.4) is 0 Å². The zero-order chi connectivity index (χ0) is 17.7. The fourth-order valence-corrected chi connectivity index (χ4v) is 3.63. The van der Waals surface area contributed by atoms with Crippen LogP contribution in [0.25, 0.3) is 0 Å². The normalized spacial score (nSPS) is 23.6. The highest BCUT2D eigenvalue weighted by Gasteiger charge is 2.15. The van der Waals surface area contributed by atoms with Crippen molar-refractivity contribution >= 4 is 5.96 Å². The number of ether oxygens (including phenoxy) is 1. The lowest BCUT2D eigenvalue weighted by Crippen LogP contribution is -2.44. The van der Waals surface area contributed by atoms with E-state index < -0.39 is 0 Å². The van der Waals surface area contributed by atoms with E-state index in [2.05, 4.69) is 34.3 Å². The van der Waals surface area contributed by atoms with Crippen LogP contribution in [-0.2, 0) is 4.74 Å². The maximum Gasteiger partial charge on any atom is 0.191 e. The monoisotopic (exact) mass is 353 g/mol. The Kier molecular flexibility index (Phi) is 10.2. The van der Waals surface area contributed by atoms with E-state index in [1.165, 1.54) is 45.3 Å². The summed E-state index contributed by atoms with van der Waals surface area (Å²) in [6.45, 7) is 16.0. The average Bonchev–Trinajstić information content (AvgIpc) is 2.62. The van der Waals surface area contributed by atoms with Gasteiger partial charge in [-0.1, -0.05) is 6.92 Å². The maximum absolute atomic E-state index is 5.39. The molecule has 146 valence electrons. The molecule has 25 heavy (non-hydrogen) atoms. The van der Waals surface area contributed by atoms with Crippen molar-refractivity contribution in [3.8, 4) is 0 Å². The number of unbranched alkanes of at least 4 members (excludes halogenated alkanes) is 1. The summed E-state index contributed by atoms with van der Waals surface area (Å²) in [5.74, 6) is 1.84. The summed E-state index contributed by atoms with van der Waals surface area (Å²) < 4.78 is 5.39. The Morgan fingerprint density at radius 1 is 1.08 bits per heavy atom. The van der Waals surface area contributed by atoms with E-state index in [1.807, 2.05) is 0 Å². The van der Waals surface area contributed by atoms with Gasteiger partial charge in [0.25, 0.3) is 0 Å². The largest absolute Gasteiger partial charge is 0.379 e. The highest BCUT2D eigenvalue weighted by atomic mass is 16.5. The van der Waals surface area contributed by atoms with Gasteiger partial charge in [0.1, 0.15) is 0 Å². The molecule has 0 radical (unpaired) electrons. The van der Waals surface area contributed by atoms with Crippen LogP contribution in [0.4, 0.5) is 0 Å². The Morgan fingerprint density at radius 3 is 2.68 bits per heavy atom. The molecule has 2 rings (SSSR count). The number of morpholine rings is 1. The zero-order valence-electron chi connectivity index (χ0n) is 16.4. The predicted molar refractivity (Wildman–Crippen MR) is 105 cm³/mol. The third-order valence-corrected chi connectivity index (χ3v) is 5.06. The molecule has 2 saturated heterocycles. The number of nitrogens with one attached hydrogen (secondary N) is 2. The van der Waals surface area contributed by atoms with Crippen molar-refractivity contribution in [3.63, 3.8) is 0 Å². The van der Waals surface area contributed by atoms with E-state index >= 15 is 0 Å². The quantitative estimate of drug-likeness (QED) is 0.373. The molecular weight excluding hydrogens is 314 g/mol. The van der Waals surface area contributed by atoms with Gasteiger partial charge in [-0.15, -0.1) is 0 Å². The van der Waals surface area contributed by atoms with Crippen molar-refractivity contribution in [1.29, 1.82) is 0 Å². The molecule has 2 aliphatic heterocycles. The molecule has 0 bridgehead atoms. The molecule has 2 heterocycles. The minimum Gasteiger partial charge on any atom is -0.379 e. The standard InChI is InChI=1S/C19H39N5O/c1-3-20-19(22-9-12-23-13-15-25-16-14-23)21-8-4-5-10-24-11-6-7-18(2)17-24/h18H,3-17H2,1-2H3,(H2,20,21,22). The molecule has 0 aliphatic carbocycles. The molecule has 1 atom stereocenters. The third-order valence-electron chi connectivity index (χ3n) is 5.06. The van der Waals surface area contributed by atoms with Crippen molar-refractivity contribution in [2.24, 2.45) is 10.9 Å². The van der Waals surface area contributed by atoms with Crippen LogP contribution in [-0.4, -0.2) is 87.9 Å². The van der Waals surface area contributed by atoms with Gasteiger partial charge in [-0.05, 0) is 51.6 Å². The fourth-order valence-electron chi connectivity index (χ4n) is 3.63. The predicted octanol–water partition coefficient (Wildman–Crippen LogP) is 1.39. The molecule has 2 N–H and O–H groups in total. The van der Waals surface area contributed by atoms with Gasteiger partial charge in [0.15, 0.2) is 5.96 Å². The molecule has 6 heteroatoms. The molecule has 6 nitrogen and oxygen atoms in total. The van der Waals surface area contributed by atoms with Crippen molar-refractivity contribution < 1.29 is 4.74 Å². The van der Waals surface area contributed by atoms with Crippen LogP contribution in [0.5, 0.6) is 0 Å². The first-order valence-corrected chi connectivity index (χ1v) is 10.3. The van der Waals surface area contributed by atoms with Crippen molar-refractivity contribution in [1.82, 2.24) is 20.4 Å². The Labute approximate surface area is 154 Å². The number of nitrogens with zero attached hydrogens (tertiary/aromatic N) is 3. The van der Waals surface area contributed by atoms with E-state index in [9.17, 15) is 0 Å². The molecule has 2 aliphatic rings. The van der Waals surface area contributed by atoms with E-state index in [1.54, 1.807) is 0 Å². The fraction of sp³-hybridized carbons (Fsp3) is 0.947. The Balaban J connectivity index is 1.56. The van der Waals surface area contributed by atoms with Gasteiger partial charge in [0, 0.05) is 45.8 Å². The number of aliphatic imine (C=N–C) groups is 1. The van der Waals surface area contributed by atoms with Gasteiger partial charge in [0.05, 0.1) is 13.2 Å². The van der Waals surface area contributed by atoms with Gasteiger partial charge >= 0.3 is 0 Å². The molecule has 0 spiro atoms. The highest BCUT2D eigenvalue weighted by Crippen LogP contribution is 2.15. The molecule has 0 aromatic heterocycles. The van der Waals surface area contributed by atoms with Gasteiger partial charge < -0.3 is 20.3 Å². The molecule has 0 saturated carbocycles. The van der Waals surface area contributed by atoms with Crippen molar-refractivity contribution in [2.45, 2.75) is 39.5 Å². The molecule has 2 fully saturated rings. The summed E-state index contributed by atoms with van der Waals surface area (Å²) in [5, 5.41) is 6.81. The summed E-state index contributed by atoms with van der Waals surface area (Å²) in [7, 11) is 0. The number of rotatable bonds is 9. The highest BCUT2D eigenvalue weighted by molar-refractivity contribution is 5.79. The zero-order valence-corrected chi connectivity index (χ0v) is 16.4. The molecule has 0 aromatic rings. The Morgan fingerprint density at radius 2 is 1.92 bits per heavy atom. The van der Waals surface area contributed by atoms with Crippen LogP contribution in [0.2, 0.25) is 0 Å². The van der Waals surface area contributed by atoms with Crippen LogP contribution < -0.4 is 10.6 Å². The van der Waals surface area contributed by atoms with E-state index in [4.69, 9.17) is 9.73 Å². The van der Waals surface area contributed by atoms with Crippen LogP contribution in [0.1, 0.15) is 39.5 Å². The SMILES string of the molecule is CCNC(=NCCCCN1CCCC(C)C1)NCCN1CCOCC1. The Hall–Kier alpha value is -0.850. The second kappa shape index (κ2) is 12.5. The summed E-state index contributed by atoms with van der Waals surface area (Å²) in [6.07, 6.45) is 5.20. The van der Waals surface area contributed by atoms with Gasteiger partial charge in [0.2, 0.25) is 0 Å². The van der Waals surface area contributed by atoms with Gasteiger partial charge in [-0.25, -0.2) is 0 Å². The molecule has 0 aromatic carbocycles. The van der Waals surface area contributed by atoms with E-state index in [0.717, 1.165) is 64.4 Å². The van der Waals surface area contributed by atoms with Crippen molar-refractivity contribution in [3.05, 3.63) is 0 Å². The molecule has 1 unspecified atom stereocenters. The lowest BCUT2D eigenvalue weighted by Gasteiger charge is -2.30. The minimum atomic E-state index is 0.865. The number of piperidine rings is 1. The van der Waals surface area contributed by atoms with Crippen LogP contribution in [0, 0.1) is 5.92 Å². The first-order chi connectivity index (χ1) is 12.3. The minimum absolute atomic E-state index is 0.865. The van der Waals surface area contributed by atoms with Gasteiger partial charge in [-0.2, -0.15) is 0 Å². The van der Waals surface area contributed by atoms with Gasteiger partial charge in [-0.3, -0.25) is 9.89 Å². The molecular formula is C19H39N5O.